The fourth-order valence-electron chi connectivity index (χ4n) is 2.48. The van der Waals surface area contributed by atoms with Crippen molar-refractivity contribution in [2.24, 2.45) is 5.41 Å². The molecule has 0 saturated heterocycles. The van der Waals surface area contributed by atoms with Gasteiger partial charge in [-0.15, -0.1) is 0 Å². The highest BCUT2D eigenvalue weighted by atomic mass is 15.3. The van der Waals surface area contributed by atoms with Crippen LogP contribution in [0.1, 0.15) is 72.5 Å². The van der Waals surface area contributed by atoms with Gasteiger partial charge >= 0.3 is 0 Å². The van der Waals surface area contributed by atoms with E-state index in [0.717, 1.165) is 19.4 Å². The molecule has 3 nitrogen and oxygen atoms in total. The number of nitrogens with one attached hydrogen (secondary N) is 1. The van der Waals surface area contributed by atoms with Crippen LogP contribution in [0.5, 0.6) is 0 Å². The van der Waals surface area contributed by atoms with Gasteiger partial charge in [-0.1, -0.05) is 34.6 Å². The third-order valence-electron chi connectivity index (χ3n) is 3.70. The first-order valence-corrected chi connectivity index (χ1v) is 8.13. The fraction of sp³-hybridized carbons (Fsp3) is 0.824. The van der Waals surface area contributed by atoms with E-state index >= 15 is 0 Å². The van der Waals surface area contributed by atoms with Gasteiger partial charge in [-0.3, -0.25) is 4.68 Å². The zero-order valence-electron chi connectivity index (χ0n) is 14.2. The van der Waals surface area contributed by atoms with Gasteiger partial charge in [0.25, 0.3) is 0 Å². The monoisotopic (exact) mass is 279 g/mol. The lowest BCUT2D eigenvalue weighted by Gasteiger charge is -2.26. The second kappa shape index (κ2) is 7.82. The summed E-state index contributed by atoms with van der Waals surface area (Å²) >= 11 is 0. The Kier molecular flexibility index (Phi) is 6.74. The van der Waals surface area contributed by atoms with Crippen molar-refractivity contribution in [1.82, 2.24) is 15.1 Å². The predicted molar refractivity (Wildman–Crippen MR) is 87.1 cm³/mol. The quantitative estimate of drug-likeness (QED) is 0.773. The average Bonchev–Trinajstić information content (AvgIpc) is 2.81. The standard InChI is InChI=1S/C17H33N3/c1-7-10-18-16(13-17(4,5)6)12-15-9-11-20(19-15)14(3)8-2/h9,11,14,16,18H,7-8,10,12-13H2,1-6H3. The first kappa shape index (κ1) is 17.2. The summed E-state index contributed by atoms with van der Waals surface area (Å²) in [6, 6.07) is 3.19. The summed E-state index contributed by atoms with van der Waals surface area (Å²) in [6.07, 6.45) is 6.64. The zero-order chi connectivity index (χ0) is 15.2. The molecule has 20 heavy (non-hydrogen) atoms. The second-order valence-electron chi connectivity index (χ2n) is 7.16. The highest BCUT2D eigenvalue weighted by Gasteiger charge is 2.19. The molecule has 0 fully saturated rings. The van der Waals surface area contributed by atoms with Crippen LogP contribution in [-0.2, 0) is 6.42 Å². The molecule has 0 amide bonds. The number of hydrogen-bond acceptors (Lipinski definition) is 2. The van der Waals surface area contributed by atoms with E-state index in [4.69, 9.17) is 5.10 Å². The van der Waals surface area contributed by atoms with Gasteiger partial charge in [0, 0.05) is 24.7 Å². The zero-order valence-corrected chi connectivity index (χ0v) is 14.2. The smallest absolute Gasteiger partial charge is 0.0640 e. The molecule has 116 valence electrons. The van der Waals surface area contributed by atoms with Gasteiger partial charge in [-0.2, -0.15) is 5.10 Å². The summed E-state index contributed by atoms with van der Waals surface area (Å²) in [5.41, 5.74) is 1.56. The molecule has 1 rings (SSSR count). The molecule has 0 radical (unpaired) electrons. The SMILES string of the molecule is CCCNC(Cc1ccn(C(C)CC)n1)CC(C)(C)C. The van der Waals surface area contributed by atoms with E-state index in [-0.39, 0.29) is 0 Å². The molecule has 2 unspecified atom stereocenters. The maximum absolute atomic E-state index is 4.74. The van der Waals surface area contributed by atoms with Crippen molar-refractivity contribution < 1.29 is 0 Å². The topological polar surface area (TPSA) is 29.9 Å². The maximum atomic E-state index is 4.74. The summed E-state index contributed by atoms with van der Waals surface area (Å²) in [6.45, 7) is 14.7. The Morgan fingerprint density at radius 1 is 1.30 bits per heavy atom. The van der Waals surface area contributed by atoms with Crippen molar-refractivity contribution in [2.75, 3.05) is 6.54 Å². The van der Waals surface area contributed by atoms with E-state index in [0.29, 0.717) is 17.5 Å². The van der Waals surface area contributed by atoms with E-state index in [1.54, 1.807) is 0 Å². The van der Waals surface area contributed by atoms with Crippen LogP contribution in [0.4, 0.5) is 0 Å². The van der Waals surface area contributed by atoms with Crippen molar-refractivity contribution in [1.29, 1.82) is 0 Å². The third kappa shape index (κ3) is 6.08. The summed E-state index contributed by atoms with van der Waals surface area (Å²) in [5, 5.41) is 8.41. The summed E-state index contributed by atoms with van der Waals surface area (Å²) < 4.78 is 2.10. The number of aromatic nitrogens is 2. The molecule has 0 aliphatic rings. The fourth-order valence-corrected chi connectivity index (χ4v) is 2.48. The minimum absolute atomic E-state index is 0.352. The maximum Gasteiger partial charge on any atom is 0.0640 e. The van der Waals surface area contributed by atoms with E-state index in [2.05, 4.69) is 63.8 Å². The van der Waals surface area contributed by atoms with Gasteiger partial charge in [0.2, 0.25) is 0 Å². The molecule has 1 aromatic rings. The van der Waals surface area contributed by atoms with Crippen molar-refractivity contribution in [3.05, 3.63) is 18.0 Å². The van der Waals surface area contributed by atoms with Crippen LogP contribution in [0.2, 0.25) is 0 Å². The van der Waals surface area contributed by atoms with Gasteiger partial charge in [-0.25, -0.2) is 0 Å². The lowest BCUT2D eigenvalue weighted by atomic mass is 9.86. The number of rotatable bonds is 8. The Bertz CT molecular complexity index is 376. The van der Waals surface area contributed by atoms with Gasteiger partial charge in [0.1, 0.15) is 0 Å². The molecule has 0 aliphatic heterocycles. The van der Waals surface area contributed by atoms with Crippen LogP contribution in [0.25, 0.3) is 0 Å². The van der Waals surface area contributed by atoms with Crippen LogP contribution in [0.3, 0.4) is 0 Å². The lowest BCUT2D eigenvalue weighted by molar-refractivity contribution is 0.305. The van der Waals surface area contributed by atoms with Gasteiger partial charge in [0.15, 0.2) is 0 Å². The molecule has 3 heteroatoms. The molecule has 1 aromatic heterocycles. The second-order valence-corrected chi connectivity index (χ2v) is 7.16. The van der Waals surface area contributed by atoms with Crippen LogP contribution < -0.4 is 5.32 Å². The molecule has 1 heterocycles. The highest BCUT2D eigenvalue weighted by molar-refractivity contribution is 5.02. The van der Waals surface area contributed by atoms with Crippen molar-refractivity contribution in [3.8, 4) is 0 Å². The first-order valence-electron chi connectivity index (χ1n) is 8.13. The van der Waals surface area contributed by atoms with Crippen LogP contribution >= 0.6 is 0 Å². The Morgan fingerprint density at radius 3 is 2.55 bits per heavy atom. The number of nitrogens with zero attached hydrogens (tertiary/aromatic N) is 2. The van der Waals surface area contributed by atoms with Gasteiger partial charge in [-0.05, 0) is 44.2 Å². The third-order valence-corrected chi connectivity index (χ3v) is 3.70. The molecule has 0 spiro atoms. The molecule has 0 aliphatic carbocycles. The molecule has 2 atom stereocenters. The van der Waals surface area contributed by atoms with E-state index < -0.39 is 0 Å². The lowest BCUT2D eigenvalue weighted by Crippen LogP contribution is -2.35. The molecular formula is C17H33N3. The Hall–Kier alpha value is -0.830. The van der Waals surface area contributed by atoms with E-state index in [9.17, 15) is 0 Å². The molecule has 0 aromatic carbocycles. The van der Waals surface area contributed by atoms with Crippen LogP contribution in [-0.4, -0.2) is 22.4 Å². The summed E-state index contributed by atoms with van der Waals surface area (Å²) in [5.74, 6) is 0. The first-order chi connectivity index (χ1) is 9.35. The predicted octanol–water partition coefficient (Wildman–Crippen LogP) is 4.20. The van der Waals surface area contributed by atoms with Gasteiger partial charge in [0.05, 0.1) is 5.69 Å². The van der Waals surface area contributed by atoms with Gasteiger partial charge < -0.3 is 5.32 Å². The van der Waals surface area contributed by atoms with E-state index in [1.807, 2.05) is 0 Å². The molecule has 0 saturated carbocycles. The minimum atomic E-state index is 0.352. The van der Waals surface area contributed by atoms with Crippen molar-refractivity contribution >= 4 is 0 Å². The van der Waals surface area contributed by atoms with Crippen molar-refractivity contribution in [3.63, 3.8) is 0 Å². The average molecular weight is 279 g/mol. The molecule has 1 N–H and O–H groups in total. The normalized spacial score (nSPS) is 15.3. The van der Waals surface area contributed by atoms with E-state index in [1.165, 1.54) is 18.5 Å². The minimum Gasteiger partial charge on any atom is -0.314 e. The Labute approximate surface area is 125 Å². The highest BCUT2D eigenvalue weighted by Crippen LogP contribution is 2.22. The summed E-state index contributed by atoms with van der Waals surface area (Å²) in [7, 11) is 0. The van der Waals surface area contributed by atoms with Crippen LogP contribution in [0.15, 0.2) is 12.3 Å². The van der Waals surface area contributed by atoms with Crippen LogP contribution in [0, 0.1) is 5.41 Å². The van der Waals surface area contributed by atoms with Crippen molar-refractivity contribution in [2.45, 2.75) is 79.3 Å². The molecule has 0 bridgehead atoms. The summed E-state index contributed by atoms with van der Waals surface area (Å²) in [4.78, 5) is 0. The Morgan fingerprint density at radius 2 is 2.00 bits per heavy atom. The number of hydrogen-bond donors (Lipinski definition) is 1. The molecular weight excluding hydrogens is 246 g/mol. The largest absolute Gasteiger partial charge is 0.314 e. The Balaban J connectivity index is 2.66.